The zero-order chi connectivity index (χ0) is 24.9. The van der Waals surface area contributed by atoms with Crippen LogP contribution in [0.25, 0.3) is 11.3 Å². The SMILES string of the molecule is CCOC(=O)C1(c2ccc(F)cc2)ON=C2C(=C3CCc4cc(-n5cnc(C)c5)ccc43)CCCN21. The number of hydrogen-bond acceptors (Lipinski definition) is 6. The highest BCUT2D eigenvalue weighted by molar-refractivity contribution is 6.08. The highest BCUT2D eigenvalue weighted by atomic mass is 19.1. The number of benzene rings is 2. The molecule has 8 heteroatoms. The van der Waals surface area contributed by atoms with Crippen LogP contribution in [0.5, 0.6) is 0 Å². The zero-order valence-corrected chi connectivity index (χ0v) is 20.3. The number of hydrogen-bond donors (Lipinski definition) is 0. The number of piperidine rings is 1. The molecule has 3 aliphatic rings. The van der Waals surface area contributed by atoms with Gasteiger partial charge in [0, 0.05) is 29.6 Å². The van der Waals surface area contributed by atoms with E-state index in [0.717, 1.165) is 42.6 Å². The number of allylic oxidation sites excluding steroid dienone is 1. The van der Waals surface area contributed by atoms with E-state index in [4.69, 9.17) is 9.57 Å². The molecule has 0 saturated carbocycles. The molecule has 0 radical (unpaired) electrons. The smallest absolute Gasteiger partial charge is 0.380 e. The Morgan fingerprint density at radius 2 is 1.97 bits per heavy atom. The minimum absolute atomic E-state index is 0.203. The highest BCUT2D eigenvalue weighted by Crippen LogP contribution is 2.45. The van der Waals surface area contributed by atoms with Crippen LogP contribution >= 0.6 is 0 Å². The third-order valence-corrected chi connectivity index (χ3v) is 7.20. The Labute approximate surface area is 208 Å². The van der Waals surface area contributed by atoms with Crippen molar-refractivity contribution in [1.82, 2.24) is 14.5 Å². The van der Waals surface area contributed by atoms with E-state index >= 15 is 0 Å². The van der Waals surface area contributed by atoms with Crippen molar-refractivity contribution in [2.45, 2.75) is 45.3 Å². The summed E-state index contributed by atoms with van der Waals surface area (Å²) in [5, 5.41) is 4.46. The number of rotatable bonds is 4. The Bertz CT molecular complexity index is 1410. The van der Waals surface area contributed by atoms with E-state index in [9.17, 15) is 9.18 Å². The minimum Gasteiger partial charge on any atom is -0.461 e. The standard InChI is InChI=1S/C28H27FN4O3/c1-3-35-27(34)28(20-7-9-21(29)10-8-20)33-14-4-5-25(26(33)31-36-28)24-12-6-19-15-22(11-13-23(19)24)32-16-18(2)30-17-32/h7-11,13,15-17H,3-6,12,14H2,1-2H3. The first-order valence-electron chi connectivity index (χ1n) is 12.3. The Kier molecular flexibility index (Phi) is 5.39. The topological polar surface area (TPSA) is 69.0 Å². The van der Waals surface area contributed by atoms with Crippen LogP contribution in [-0.2, 0) is 26.5 Å². The number of halogens is 1. The molecule has 0 amide bonds. The Hall–Kier alpha value is -3.94. The molecule has 1 atom stereocenters. The molecule has 6 rings (SSSR count). The third-order valence-electron chi connectivity index (χ3n) is 7.20. The van der Waals surface area contributed by atoms with Crippen molar-refractivity contribution in [3.8, 4) is 5.69 Å². The second kappa shape index (κ2) is 8.62. The molecule has 0 N–H and O–H groups in total. The van der Waals surface area contributed by atoms with Gasteiger partial charge in [0.1, 0.15) is 5.82 Å². The first kappa shape index (κ1) is 22.5. The predicted molar refractivity (Wildman–Crippen MR) is 133 cm³/mol. The van der Waals surface area contributed by atoms with Crippen molar-refractivity contribution >= 4 is 17.4 Å². The monoisotopic (exact) mass is 486 g/mol. The molecule has 3 aromatic rings. The maximum atomic E-state index is 13.7. The lowest BCUT2D eigenvalue weighted by Gasteiger charge is -2.38. The fourth-order valence-electron chi connectivity index (χ4n) is 5.54. The summed E-state index contributed by atoms with van der Waals surface area (Å²) in [6, 6.07) is 12.3. The molecular formula is C28H27FN4O3. The number of ether oxygens (including phenoxy) is 1. The van der Waals surface area contributed by atoms with E-state index < -0.39 is 11.7 Å². The molecule has 1 saturated heterocycles. The third kappa shape index (κ3) is 3.43. The van der Waals surface area contributed by atoms with Gasteiger partial charge in [0.05, 0.1) is 18.6 Å². The van der Waals surface area contributed by atoms with E-state index in [1.807, 2.05) is 28.9 Å². The lowest BCUT2D eigenvalue weighted by atomic mass is 9.91. The summed E-state index contributed by atoms with van der Waals surface area (Å²) >= 11 is 0. The molecule has 1 aromatic heterocycles. The number of amidine groups is 1. The molecule has 0 spiro atoms. The van der Waals surface area contributed by atoms with Crippen molar-refractivity contribution in [2.24, 2.45) is 5.16 Å². The van der Waals surface area contributed by atoms with Gasteiger partial charge in [-0.3, -0.25) is 0 Å². The molecular weight excluding hydrogens is 459 g/mol. The van der Waals surface area contributed by atoms with Crippen LogP contribution in [0.3, 0.4) is 0 Å². The van der Waals surface area contributed by atoms with Gasteiger partial charge in [-0.1, -0.05) is 11.2 Å². The molecule has 36 heavy (non-hydrogen) atoms. The summed E-state index contributed by atoms with van der Waals surface area (Å²) in [4.78, 5) is 25.5. The number of nitrogens with zero attached hydrogens (tertiary/aromatic N) is 4. The molecule has 1 fully saturated rings. The molecule has 1 unspecified atom stereocenters. The molecule has 184 valence electrons. The first-order chi connectivity index (χ1) is 17.5. The average Bonchev–Trinajstić information content (AvgIpc) is 3.61. The maximum absolute atomic E-state index is 13.7. The lowest BCUT2D eigenvalue weighted by Crippen LogP contribution is -2.54. The molecule has 7 nitrogen and oxygen atoms in total. The minimum atomic E-state index is -1.56. The Morgan fingerprint density at radius 3 is 2.72 bits per heavy atom. The maximum Gasteiger partial charge on any atom is 0.380 e. The van der Waals surface area contributed by atoms with E-state index in [-0.39, 0.29) is 12.4 Å². The number of carbonyl (C=O) groups is 1. The van der Waals surface area contributed by atoms with Crippen molar-refractivity contribution in [3.63, 3.8) is 0 Å². The van der Waals surface area contributed by atoms with Crippen molar-refractivity contribution < 1.29 is 18.8 Å². The van der Waals surface area contributed by atoms with Crippen LogP contribution < -0.4 is 0 Å². The van der Waals surface area contributed by atoms with E-state index in [1.54, 1.807) is 19.1 Å². The van der Waals surface area contributed by atoms with Gasteiger partial charge >= 0.3 is 11.7 Å². The van der Waals surface area contributed by atoms with Crippen LogP contribution in [-0.4, -0.2) is 39.4 Å². The summed E-state index contributed by atoms with van der Waals surface area (Å²) in [5.41, 5.74) is 5.84. The molecule has 1 aliphatic carbocycles. The summed E-state index contributed by atoms with van der Waals surface area (Å²) in [6.45, 7) is 4.52. The Morgan fingerprint density at radius 1 is 1.14 bits per heavy atom. The first-order valence-corrected chi connectivity index (χ1v) is 12.3. The Balaban J connectivity index is 1.40. The fraction of sp³-hybridized carbons (Fsp3) is 0.321. The van der Waals surface area contributed by atoms with Crippen LogP contribution in [0.1, 0.15) is 48.6 Å². The highest BCUT2D eigenvalue weighted by Gasteiger charge is 2.57. The lowest BCUT2D eigenvalue weighted by molar-refractivity contribution is -0.189. The number of esters is 1. The molecule has 0 bridgehead atoms. The summed E-state index contributed by atoms with van der Waals surface area (Å²) in [5.74, 6) is -0.268. The fourth-order valence-corrected chi connectivity index (χ4v) is 5.54. The summed E-state index contributed by atoms with van der Waals surface area (Å²) in [6.07, 6.45) is 7.37. The van der Waals surface area contributed by atoms with Gasteiger partial charge in [-0.25, -0.2) is 14.2 Å². The van der Waals surface area contributed by atoms with Crippen molar-refractivity contribution in [3.05, 3.63) is 88.8 Å². The number of oxime groups is 1. The predicted octanol–water partition coefficient (Wildman–Crippen LogP) is 4.88. The van der Waals surface area contributed by atoms with Crippen molar-refractivity contribution in [1.29, 1.82) is 0 Å². The zero-order valence-electron chi connectivity index (χ0n) is 20.3. The largest absolute Gasteiger partial charge is 0.461 e. The quantitative estimate of drug-likeness (QED) is 0.492. The van der Waals surface area contributed by atoms with Gasteiger partial charge < -0.3 is 19.0 Å². The van der Waals surface area contributed by atoms with Gasteiger partial charge in [0.15, 0.2) is 5.84 Å². The van der Waals surface area contributed by atoms with Gasteiger partial charge in [0.2, 0.25) is 0 Å². The molecule has 3 heterocycles. The number of imidazole rings is 1. The molecule has 2 aromatic carbocycles. The van der Waals surface area contributed by atoms with Gasteiger partial charge in [-0.2, -0.15) is 0 Å². The number of fused-ring (bicyclic) bond motifs is 2. The molecule has 2 aliphatic heterocycles. The van der Waals surface area contributed by atoms with Crippen LogP contribution in [0, 0.1) is 12.7 Å². The number of aromatic nitrogens is 2. The van der Waals surface area contributed by atoms with Gasteiger partial charge in [-0.15, -0.1) is 0 Å². The van der Waals surface area contributed by atoms with Crippen molar-refractivity contribution in [2.75, 3.05) is 13.2 Å². The van der Waals surface area contributed by atoms with Crippen LogP contribution in [0.15, 0.2) is 65.7 Å². The average molecular weight is 487 g/mol. The van der Waals surface area contributed by atoms with Gasteiger partial charge in [0.25, 0.3) is 0 Å². The second-order valence-corrected chi connectivity index (χ2v) is 9.35. The van der Waals surface area contributed by atoms with Crippen LogP contribution in [0.4, 0.5) is 4.39 Å². The van der Waals surface area contributed by atoms with E-state index in [2.05, 4.69) is 28.3 Å². The number of aryl methyl sites for hydroxylation is 2. The summed E-state index contributed by atoms with van der Waals surface area (Å²) in [7, 11) is 0. The van der Waals surface area contributed by atoms with E-state index in [0.29, 0.717) is 17.9 Å². The normalized spacial score (nSPS) is 22.6. The summed E-state index contributed by atoms with van der Waals surface area (Å²) < 4.78 is 21.2. The number of carbonyl (C=O) groups excluding carboxylic acids is 1. The second-order valence-electron chi connectivity index (χ2n) is 9.35. The van der Waals surface area contributed by atoms with Crippen LogP contribution in [0.2, 0.25) is 0 Å². The van der Waals surface area contributed by atoms with E-state index in [1.165, 1.54) is 28.8 Å². The van der Waals surface area contributed by atoms with Gasteiger partial charge in [-0.05, 0) is 92.6 Å².